The summed E-state index contributed by atoms with van der Waals surface area (Å²) in [7, 11) is 0. The van der Waals surface area contributed by atoms with E-state index in [4.69, 9.17) is 0 Å². The summed E-state index contributed by atoms with van der Waals surface area (Å²) in [5.74, 6) is 0. The van der Waals surface area contributed by atoms with Gasteiger partial charge in [-0.15, -0.1) is 0 Å². The van der Waals surface area contributed by atoms with Gasteiger partial charge >= 0.3 is 0 Å². The van der Waals surface area contributed by atoms with Crippen LogP contribution in [0.15, 0.2) is 60.7 Å². The Morgan fingerprint density at radius 3 is 2.04 bits per heavy atom. The Morgan fingerprint density at radius 1 is 0.609 bits per heavy atom. The molecule has 0 nitrogen and oxygen atoms in total. The van der Waals surface area contributed by atoms with E-state index in [1.165, 1.54) is 43.4 Å². The van der Waals surface area contributed by atoms with Crippen LogP contribution in [0.25, 0.3) is 32.3 Å². The van der Waals surface area contributed by atoms with Gasteiger partial charge in [0.05, 0.1) is 0 Å². The van der Waals surface area contributed by atoms with Gasteiger partial charge in [0.1, 0.15) is 0 Å². The molecule has 23 heavy (non-hydrogen) atoms. The summed E-state index contributed by atoms with van der Waals surface area (Å²) in [6.45, 7) is 9.18. The van der Waals surface area contributed by atoms with Crippen molar-refractivity contribution in [3.8, 4) is 0 Å². The summed E-state index contributed by atoms with van der Waals surface area (Å²) in [6, 6.07) is 22.3. The van der Waals surface area contributed by atoms with Gasteiger partial charge < -0.3 is 0 Å². The standard InChI is InChI=1S/C23H22/c1-15-9-10-17-12-13-19-18-8-6-5-7-16(18)11-14-20(19)21(17)22(15)23(2,3)4/h5-14H,1-4H3. The largest absolute Gasteiger partial charge is 0.0616 e. The van der Waals surface area contributed by atoms with Crippen LogP contribution in [-0.4, -0.2) is 0 Å². The average molecular weight is 298 g/mol. The normalized spacial score (nSPS) is 12.3. The number of fused-ring (bicyclic) bond motifs is 5. The van der Waals surface area contributed by atoms with Crippen LogP contribution >= 0.6 is 0 Å². The first kappa shape index (κ1) is 14.3. The minimum absolute atomic E-state index is 0.128. The van der Waals surface area contributed by atoms with Gasteiger partial charge in [0, 0.05) is 0 Å². The fourth-order valence-electron chi connectivity index (χ4n) is 3.98. The Morgan fingerprint density at radius 2 is 1.26 bits per heavy atom. The van der Waals surface area contributed by atoms with Crippen molar-refractivity contribution in [3.05, 3.63) is 71.8 Å². The van der Waals surface area contributed by atoms with Gasteiger partial charge in [-0.25, -0.2) is 0 Å². The van der Waals surface area contributed by atoms with Crippen LogP contribution in [0, 0.1) is 6.92 Å². The maximum Gasteiger partial charge on any atom is -0.00651 e. The zero-order valence-corrected chi connectivity index (χ0v) is 14.3. The molecule has 0 N–H and O–H groups in total. The van der Waals surface area contributed by atoms with E-state index in [-0.39, 0.29) is 5.41 Å². The second-order valence-corrected chi connectivity index (χ2v) is 7.55. The van der Waals surface area contributed by atoms with Crippen LogP contribution in [0.2, 0.25) is 0 Å². The van der Waals surface area contributed by atoms with Crippen molar-refractivity contribution in [2.24, 2.45) is 0 Å². The highest BCUT2D eigenvalue weighted by molar-refractivity contribution is 6.18. The highest BCUT2D eigenvalue weighted by Crippen LogP contribution is 2.38. The molecular formula is C23H22. The fraction of sp³-hybridized carbons (Fsp3) is 0.217. The van der Waals surface area contributed by atoms with Crippen molar-refractivity contribution in [2.45, 2.75) is 33.1 Å². The number of hydrogen-bond acceptors (Lipinski definition) is 0. The third-order valence-corrected chi connectivity index (χ3v) is 4.87. The second-order valence-electron chi connectivity index (χ2n) is 7.55. The predicted molar refractivity (Wildman–Crippen MR) is 102 cm³/mol. The first-order valence-corrected chi connectivity index (χ1v) is 8.31. The first-order chi connectivity index (χ1) is 11.0. The molecule has 0 heteroatoms. The Kier molecular flexibility index (Phi) is 2.99. The molecule has 0 amide bonds. The van der Waals surface area contributed by atoms with Crippen LogP contribution in [0.4, 0.5) is 0 Å². The Labute approximate surface area is 137 Å². The minimum Gasteiger partial charge on any atom is -0.0616 e. The van der Waals surface area contributed by atoms with E-state index in [1.807, 2.05) is 0 Å². The first-order valence-electron chi connectivity index (χ1n) is 8.31. The molecule has 0 saturated heterocycles. The minimum atomic E-state index is 0.128. The zero-order valence-electron chi connectivity index (χ0n) is 14.3. The summed E-state index contributed by atoms with van der Waals surface area (Å²) < 4.78 is 0. The van der Waals surface area contributed by atoms with E-state index in [0.29, 0.717) is 0 Å². The molecule has 114 valence electrons. The number of benzene rings is 4. The van der Waals surface area contributed by atoms with Gasteiger partial charge in [-0.3, -0.25) is 0 Å². The summed E-state index contributed by atoms with van der Waals surface area (Å²) in [5.41, 5.74) is 2.98. The van der Waals surface area contributed by atoms with Crippen molar-refractivity contribution < 1.29 is 0 Å². The van der Waals surface area contributed by atoms with Gasteiger partial charge in [0.25, 0.3) is 0 Å². The third kappa shape index (κ3) is 2.13. The number of rotatable bonds is 0. The summed E-state index contributed by atoms with van der Waals surface area (Å²) in [5, 5.41) is 8.13. The molecule has 0 fully saturated rings. The molecule has 0 spiro atoms. The summed E-state index contributed by atoms with van der Waals surface area (Å²) in [4.78, 5) is 0. The SMILES string of the molecule is Cc1ccc2ccc3c4ccccc4ccc3c2c1C(C)(C)C. The van der Waals surface area contributed by atoms with Crippen LogP contribution in [0.1, 0.15) is 31.9 Å². The molecule has 0 atom stereocenters. The van der Waals surface area contributed by atoms with Crippen LogP contribution in [-0.2, 0) is 5.41 Å². The molecule has 0 aliphatic carbocycles. The lowest BCUT2D eigenvalue weighted by molar-refractivity contribution is 0.592. The van der Waals surface area contributed by atoms with E-state index in [9.17, 15) is 0 Å². The van der Waals surface area contributed by atoms with E-state index >= 15 is 0 Å². The molecule has 0 aliphatic rings. The lowest BCUT2D eigenvalue weighted by Gasteiger charge is -2.25. The summed E-state index contributed by atoms with van der Waals surface area (Å²) >= 11 is 0. The Hall–Kier alpha value is -2.34. The molecule has 0 radical (unpaired) electrons. The van der Waals surface area contributed by atoms with Gasteiger partial charge in [0.2, 0.25) is 0 Å². The van der Waals surface area contributed by atoms with Crippen LogP contribution in [0.3, 0.4) is 0 Å². The molecular weight excluding hydrogens is 276 g/mol. The lowest BCUT2D eigenvalue weighted by atomic mass is 9.79. The monoisotopic (exact) mass is 298 g/mol. The molecule has 0 heterocycles. The van der Waals surface area contributed by atoms with Gasteiger partial charge in [0.15, 0.2) is 0 Å². The van der Waals surface area contributed by atoms with Crippen LogP contribution in [0.5, 0.6) is 0 Å². The highest BCUT2D eigenvalue weighted by Gasteiger charge is 2.20. The van der Waals surface area contributed by atoms with E-state index < -0.39 is 0 Å². The third-order valence-electron chi connectivity index (χ3n) is 4.87. The van der Waals surface area contributed by atoms with Gasteiger partial charge in [-0.1, -0.05) is 81.4 Å². The van der Waals surface area contributed by atoms with Crippen molar-refractivity contribution in [2.75, 3.05) is 0 Å². The number of aryl methyl sites for hydroxylation is 1. The van der Waals surface area contributed by atoms with E-state index in [2.05, 4.69) is 88.4 Å². The van der Waals surface area contributed by atoms with Gasteiger partial charge in [-0.05, 0) is 55.8 Å². The maximum absolute atomic E-state index is 2.31. The predicted octanol–water partition coefficient (Wildman–Crippen LogP) is 6.75. The molecule has 0 saturated carbocycles. The van der Waals surface area contributed by atoms with Crippen molar-refractivity contribution in [3.63, 3.8) is 0 Å². The highest BCUT2D eigenvalue weighted by atomic mass is 14.2. The second kappa shape index (κ2) is 4.83. The molecule has 0 aromatic heterocycles. The maximum atomic E-state index is 2.31. The molecule has 4 aromatic rings. The molecule has 4 rings (SSSR count). The smallest absolute Gasteiger partial charge is 0.00651 e. The average Bonchev–Trinajstić information content (AvgIpc) is 2.52. The van der Waals surface area contributed by atoms with E-state index in [0.717, 1.165) is 0 Å². The Bertz CT molecular complexity index is 1050. The van der Waals surface area contributed by atoms with Crippen molar-refractivity contribution in [1.29, 1.82) is 0 Å². The molecule has 0 aliphatic heterocycles. The summed E-state index contributed by atoms with van der Waals surface area (Å²) in [6.07, 6.45) is 0. The van der Waals surface area contributed by atoms with Crippen molar-refractivity contribution >= 4 is 32.3 Å². The number of hydrogen-bond donors (Lipinski definition) is 0. The Balaban J connectivity index is 2.29. The van der Waals surface area contributed by atoms with Crippen molar-refractivity contribution in [1.82, 2.24) is 0 Å². The quantitative estimate of drug-likeness (QED) is 0.315. The molecule has 4 aromatic carbocycles. The topological polar surface area (TPSA) is 0 Å². The van der Waals surface area contributed by atoms with Crippen LogP contribution < -0.4 is 0 Å². The van der Waals surface area contributed by atoms with E-state index in [1.54, 1.807) is 0 Å². The fourth-order valence-corrected chi connectivity index (χ4v) is 3.98. The molecule has 0 unspecified atom stereocenters. The zero-order chi connectivity index (χ0) is 16.2. The van der Waals surface area contributed by atoms with Gasteiger partial charge in [-0.2, -0.15) is 0 Å². The molecule has 0 bridgehead atoms. The lowest BCUT2D eigenvalue weighted by Crippen LogP contribution is -2.14.